The molecule has 1 heterocycles. The minimum Gasteiger partial charge on any atom is -0.541 e. The van der Waals surface area contributed by atoms with Gasteiger partial charge in [0.05, 0.1) is 13.7 Å². The Balaban J connectivity index is 2.50. The van der Waals surface area contributed by atoms with E-state index in [0.29, 0.717) is 40.4 Å². The Hall–Kier alpha value is -1.99. The zero-order valence-corrected chi connectivity index (χ0v) is 18.5. The molecule has 27 heavy (non-hydrogen) atoms. The van der Waals surface area contributed by atoms with Gasteiger partial charge >= 0.3 is 5.97 Å². The number of ether oxygens (including phenoxy) is 3. The molecule has 150 valence electrons. The van der Waals surface area contributed by atoms with E-state index in [1.807, 2.05) is 6.07 Å². The van der Waals surface area contributed by atoms with E-state index in [-0.39, 0.29) is 11.6 Å². The van der Waals surface area contributed by atoms with Crippen LogP contribution in [0.15, 0.2) is 16.5 Å². The zero-order chi connectivity index (χ0) is 20.4. The van der Waals surface area contributed by atoms with Crippen LogP contribution in [0.5, 0.6) is 11.5 Å². The van der Waals surface area contributed by atoms with Crippen LogP contribution in [0.3, 0.4) is 0 Å². The molecule has 0 aliphatic heterocycles. The molecule has 0 unspecified atom stereocenters. The number of furan rings is 1. The van der Waals surface area contributed by atoms with Crippen LogP contribution in [0.25, 0.3) is 11.0 Å². The summed E-state index contributed by atoms with van der Waals surface area (Å²) >= 11 is 0. The molecule has 1 aromatic carbocycles. The Labute approximate surface area is 161 Å². The van der Waals surface area contributed by atoms with Crippen molar-refractivity contribution in [2.75, 3.05) is 27.4 Å². The van der Waals surface area contributed by atoms with E-state index in [0.717, 1.165) is 0 Å². The highest BCUT2D eigenvalue weighted by atomic mass is 28.4. The predicted molar refractivity (Wildman–Crippen MR) is 107 cm³/mol. The molecule has 2 aromatic rings. The first kappa shape index (κ1) is 21.3. The van der Waals surface area contributed by atoms with Gasteiger partial charge in [0, 0.05) is 18.6 Å². The summed E-state index contributed by atoms with van der Waals surface area (Å²) in [6.45, 7) is 13.1. The van der Waals surface area contributed by atoms with Gasteiger partial charge in [-0.15, -0.1) is 0 Å². The van der Waals surface area contributed by atoms with Crippen molar-refractivity contribution in [2.45, 2.75) is 45.8 Å². The number of rotatable bonds is 7. The average molecular weight is 395 g/mol. The summed E-state index contributed by atoms with van der Waals surface area (Å²) in [5.41, 5.74) is 0.967. The van der Waals surface area contributed by atoms with Gasteiger partial charge in [-0.05, 0) is 31.1 Å². The fourth-order valence-electron chi connectivity index (χ4n) is 2.44. The summed E-state index contributed by atoms with van der Waals surface area (Å²) in [5.74, 6) is 1.26. The van der Waals surface area contributed by atoms with Crippen molar-refractivity contribution < 1.29 is 27.8 Å². The molecule has 0 aliphatic rings. The number of benzene rings is 1. The van der Waals surface area contributed by atoms with Crippen LogP contribution in [-0.4, -0.2) is 41.7 Å². The van der Waals surface area contributed by atoms with Crippen LogP contribution in [-0.2, 0) is 9.47 Å². The monoisotopic (exact) mass is 394 g/mol. The zero-order valence-electron chi connectivity index (χ0n) is 17.5. The fourth-order valence-corrected chi connectivity index (χ4v) is 3.45. The van der Waals surface area contributed by atoms with Gasteiger partial charge in [-0.3, -0.25) is 0 Å². The van der Waals surface area contributed by atoms with Gasteiger partial charge in [0.15, 0.2) is 5.75 Å². The lowest BCUT2D eigenvalue weighted by atomic mass is 10.1. The van der Waals surface area contributed by atoms with Gasteiger partial charge in [0.25, 0.3) is 8.32 Å². The molecule has 7 heteroatoms. The van der Waals surface area contributed by atoms with Gasteiger partial charge in [0.1, 0.15) is 29.3 Å². The molecule has 0 aliphatic carbocycles. The van der Waals surface area contributed by atoms with E-state index in [4.69, 9.17) is 23.1 Å². The summed E-state index contributed by atoms with van der Waals surface area (Å²) in [6, 6.07) is 3.58. The smallest absolute Gasteiger partial charge is 0.342 e. The van der Waals surface area contributed by atoms with Crippen molar-refractivity contribution in [2.24, 2.45) is 0 Å². The van der Waals surface area contributed by atoms with Gasteiger partial charge in [-0.2, -0.15) is 0 Å². The summed E-state index contributed by atoms with van der Waals surface area (Å²) in [4.78, 5) is 12.5. The first-order valence-corrected chi connectivity index (χ1v) is 11.9. The quantitative estimate of drug-likeness (QED) is 0.376. The van der Waals surface area contributed by atoms with E-state index in [1.54, 1.807) is 27.2 Å². The normalized spacial score (nSPS) is 12.3. The number of carbonyl (C=O) groups is 1. The van der Waals surface area contributed by atoms with Crippen LogP contribution in [0, 0.1) is 6.92 Å². The third kappa shape index (κ3) is 4.47. The Morgan fingerprint density at radius 2 is 1.78 bits per heavy atom. The van der Waals surface area contributed by atoms with Gasteiger partial charge in [0.2, 0.25) is 0 Å². The molecule has 0 bridgehead atoms. The van der Waals surface area contributed by atoms with Crippen molar-refractivity contribution in [1.29, 1.82) is 0 Å². The second-order valence-electron chi connectivity index (χ2n) is 8.02. The van der Waals surface area contributed by atoms with Crippen LogP contribution >= 0.6 is 0 Å². The summed E-state index contributed by atoms with van der Waals surface area (Å²) in [5, 5.41) is 0.686. The average Bonchev–Trinajstić information content (AvgIpc) is 2.87. The summed E-state index contributed by atoms with van der Waals surface area (Å²) in [6.07, 6.45) is 0. The highest BCUT2D eigenvalue weighted by Gasteiger charge is 2.39. The van der Waals surface area contributed by atoms with E-state index in [2.05, 4.69) is 33.9 Å². The maximum atomic E-state index is 12.5. The molecule has 6 nitrogen and oxygen atoms in total. The fraction of sp³-hybridized carbons (Fsp3) is 0.550. The predicted octanol–water partition coefficient (Wildman–Crippen LogP) is 4.94. The number of hydrogen-bond donors (Lipinski definition) is 0. The second-order valence-corrected chi connectivity index (χ2v) is 12.7. The number of fused-ring (bicyclic) bond motifs is 1. The highest BCUT2D eigenvalue weighted by molar-refractivity contribution is 6.74. The lowest BCUT2D eigenvalue weighted by Gasteiger charge is -2.36. The minimum atomic E-state index is -2.09. The summed E-state index contributed by atoms with van der Waals surface area (Å²) in [7, 11) is 1.06. The number of esters is 1. The van der Waals surface area contributed by atoms with Gasteiger partial charge in [-0.25, -0.2) is 4.79 Å². The van der Waals surface area contributed by atoms with Crippen LogP contribution in [0.4, 0.5) is 0 Å². The highest BCUT2D eigenvalue weighted by Crippen LogP contribution is 2.42. The SMILES string of the molecule is COCCOC(=O)c1c(C)oc2cc(OC)c(O[Si](C)(C)C(C)(C)C)cc12. The lowest BCUT2D eigenvalue weighted by molar-refractivity contribution is 0.0388. The van der Waals surface area contributed by atoms with Crippen molar-refractivity contribution in [1.82, 2.24) is 0 Å². The molecule has 2 rings (SSSR count). The molecule has 0 saturated heterocycles. The standard InChI is InChI=1S/C20H30O6Si/c1-13-18(19(21)24-10-9-22-5)14-11-17(16(23-6)12-15(14)25-13)26-27(7,8)20(2,3)4/h11-12H,9-10H2,1-8H3. The third-order valence-corrected chi connectivity index (χ3v) is 9.39. The minimum absolute atomic E-state index is 0.0290. The van der Waals surface area contributed by atoms with Crippen molar-refractivity contribution >= 4 is 25.3 Å². The van der Waals surface area contributed by atoms with Crippen molar-refractivity contribution in [3.63, 3.8) is 0 Å². The van der Waals surface area contributed by atoms with Crippen LogP contribution in [0.2, 0.25) is 18.1 Å². The number of aryl methyl sites for hydroxylation is 1. The van der Waals surface area contributed by atoms with Crippen molar-refractivity contribution in [3.8, 4) is 11.5 Å². The molecule has 0 atom stereocenters. The van der Waals surface area contributed by atoms with E-state index >= 15 is 0 Å². The van der Waals surface area contributed by atoms with E-state index in [9.17, 15) is 4.79 Å². The Morgan fingerprint density at radius 1 is 1.11 bits per heavy atom. The number of methoxy groups -OCH3 is 2. The van der Waals surface area contributed by atoms with Crippen molar-refractivity contribution in [3.05, 3.63) is 23.5 Å². The van der Waals surface area contributed by atoms with Crippen LogP contribution < -0.4 is 9.16 Å². The van der Waals surface area contributed by atoms with Crippen LogP contribution in [0.1, 0.15) is 36.9 Å². The molecule has 0 saturated carbocycles. The summed E-state index contributed by atoms with van der Waals surface area (Å²) < 4.78 is 27.9. The molecule has 0 radical (unpaired) electrons. The topological polar surface area (TPSA) is 67.1 Å². The first-order chi connectivity index (χ1) is 12.5. The molecule has 0 amide bonds. The van der Waals surface area contributed by atoms with Gasteiger partial charge in [-0.1, -0.05) is 20.8 Å². The maximum absolute atomic E-state index is 12.5. The Kier molecular flexibility index (Phi) is 6.27. The molecular weight excluding hydrogens is 364 g/mol. The Morgan fingerprint density at radius 3 is 2.33 bits per heavy atom. The van der Waals surface area contributed by atoms with Gasteiger partial charge < -0.3 is 23.1 Å². The largest absolute Gasteiger partial charge is 0.541 e. The maximum Gasteiger partial charge on any atom is 0.342 e. The molecule has 0 N–H and O–H groups in total. The van der Waals surface area contributed by atoms with E-state index < -0.39 is 14.3 Å². The lowest BCUT2D eigenvalue weighted by Crippen LogP contribution is -2.43. The molecule has 1 aromatic heterocycles. The Bertz CT molecular complexity index is 816. The molecular formula is C20H30O6Si. The molecule has 0 spiro atoms. The first-order valence-electron chi connectivity index (χ1n) is 8.98. The van der Waals surface area contributed by atoms with E-state index in [1.165, 1.54) is 0 Å². The third-order valence-electron chi connectivity index (χ3n) is 5.05. The number of hydrogen-bond acceptors (Lipinski definition) is 6. The molecule has 0 fully saturated rings. The second kappa shape index (κ2) is 7.94. The number of carbonyl (C=O) groups excluding carboxylic acids is 1.